The molecule has 9 nitrogen and oxygen atoms in total. The van der Waals surface area contributed by atoms with Crippen LogP contribution in [0.2, 0.25) is 0 Å². The lowest BCUT2D eigenvalue weighted by Gasteiger charge is -2.34. The van der Waals surface area contributed by atoms with E-state index in [0.29, 0.717) is 43.1 Å². The van der Waals surface area contributed by atoms with Crippen LogP contribution in [0, 0.1) is 12.8 Å². The highest BCUT2D eigenvalue weighted by atomic mass is 16.6. The Bertz CT molecular complexity index is 1590. The first-order valence-corrected chi connectivity index (χ1v) is 15.1. The molecule has 0 spiro atoms. The minimum absolute atomic E-state index is 0.0937. The van der Waals surface area contributed by atoms with Crippen molar-refractivity contribution in [2.24, 2.45) is 5.92 Å². The number of ether oxygens (including phenoxy) is 1. The first kappa shape index (κ1) is 32.3. The molecule has 0 aliphatic heterocycles. The smallest absolute Gasteiger partial charge is 0.407 e. The first-order valence-electron chi connectivity index (χ1n) is 15.1. The van der Waals surface area contributed by atoms with Crippen LogP contribution in [0.25, 0.3) is 5.69 Å². The van der Waals surface area contributed by atoms with Crippen molar-refractivity contribution in [2.45, 2.75) is 66.2 Å². The van der Waals surface area contributed by atoms with Crippen molar-refractivity contribution in [1.82, 2.24) is 24.6 Å². The molecule has 1 atom stereocenters. The van der Waals surface area contributed by atoms with Gasteiger partial charge in [0.15, 0.2) is 5.82 Å². The van der Waals surface area contributed by atoms with E-state index in [1.807, 2.05) is 126 Å². The molecule has 0 saturated carbocycles. The molecule has 4 aromatic rings. The average Bonchev–Trinajstić information content (AvgIpc) is 3.29. The molecule has 1 N–H and O–H groups in total. The fourth-order valence-electron chi connectivity index (χ4n) is 5.06. The van der Waals surface area contributed by atoms with Gasteiger partial charge in [-0.3, -0.25) is 9.36 Å². The molecular formula is C35H43N5O4. The summed E-state index contributed by atoms with van der Waals surface area (Å²) in [5.41, 5.74) is 2.29. The summed E-state index contributed by atoms with van der Waals surface area (Å²) in [6.45, 7) is 12.4. The minimum atomic E-state index is -0.611. The van der Waals surface area contributed by atoms with E-state index >= 15 is 0 Å². The van der Waals surface area contributed by atoms with Crippen molar-refractivity contribution in [3.8, 4) is 5.69 Å². The fourth-order valence-corrected chi connectivity index (χ4v) is 5.06. The number of aryl methyl sites for hydroxylation is 1. The quantitative estimate of drug-likeness (QED) is 0.209. The fraction of sp³-hybridized carbons (Fsp3) is 0.371. The van der Waals surface area contributed by atoms with Gasteiger partial charge in [0.2, 0.25) is 0 Å². The van der Waals surface area contributed by atoms with Gasteiger partial charge < -0.3 is 15.0 Å². The summed E-state index contributed by atoms with van der Waals surface area (Å²) in [6, 6.07) is 26.0. The lowest BCUT2D eigenvalue weighted by atomic mass is 9.99. The van der Waals surface area contributed by atoms with Crippen LogP contribution in [-0.4, -0.2) is 49.9 Å². The Kier molecular flexibility index (Phi) is 10.4. The van der Waals surface area contributed by atoms with Gasteiger partial charge >= 0.3 is 11.8 Å². The monoisotopic (exact) mass is 597 g/mol. The highest BCUT2D eigenvalue weighted by Crippen LogP contribution is 2.30. The second-order valence-corrected chi connectivity index (χ2v) is 12.3. The lowest BCUT2D eigenvalue weighted by Crippen LogP contribution is -2.41. The van der Waals surface area contributed by atoms with Crippen molar-refractivity contribution in [3.63, 3.8) is 0 Å². The number of benzene rings is 3. The number of amides is 2. The maximum absolute atomic E-state index is 14.2. The van der Waals surface area contributed by atoms with Gasteiger partial charge in [-0.25, -0.2) is 9.59 Å². The number of aromatic nitrogens is 3. The molecular weight excluding hydrogens is 554 g/mol. The van der Waals surface area contributed by atoms with E-state index in [-0.39, 0.29) is 17.5 Å². The molecule has 0 radical (unpaired) electrons. The molecule has 0 fully saturated rings. The van der Waals surface area contributed by atoms with Gasteiger partial charge in [0.1, 0.15) is 5.60 Å². The summed E-state index contributed by atoms with van der Waals surface area (Å²) >= 11 is 0. The maximum atomic E-state index is 14.2. The maximum Gasteiger partial charge on any atom is 0.407 e. The van der Waals surface area contributed by atoms with E-state index in [9.17, 15) is 14.4 Å². The molecule has 0 bridgehead atoms. The number of carbonyl (C=O) groups is 2. The number of hydrogen-bond donors (Lipinski definition) is 1. The predicted octanol–water partition coefficient (Wildman–Crippen LogP) is 6.15. The zero-order valence-electron chi connectivity index (χ0n) is 26.5. The lowest BCUT2D eigenvalue weighted by molar-refractivity contribution is 0.0519. The zero-order valence-corrected chi connectivity index (χ0v) is 26.5. The number of carbonyl (C=O) groups excluding carboxylic acids is 2. The van der Waals surface area contributed by atoms with E-state index in [1.165, 1.54) is 4.68 Å². The summed E-state index contributed by atoms with van der Waals surface area (Å²) in [7, 11) is 0. The largest absolute Gasteiger partial charge is 0.444 e. The third-order valence-electron chi connectivity index (χ3n) is 7.11. The molecule has 44 heavy (non-hydrogen) atoms. The standard InChI is InChI=1S/C35H43N5O4/c1-25(2)30(31-37-40(29-16-11-8-12-17-29)34(43)39(31)24-27-14-9-7-10-15-27)38(32(41)28-20-18-26(3)19-21-28)23-13-22-36-33(42)44-35(4,5)6/h7-12,14-21,25,30H,13,22-24H2,1-6H3,(H,36,42). The average molecular weight is 598 g/mol. The van der Waals surface area contributed by atoms with Crippen LogP contribution in [0.4, 0.5) is 4.79 Å². The summed E-state index contributed by atoms with van der Waals surface area (Å²) in [6.07, 6.45) is -0.0323. The highest BCUT2D eigenvalue weighted by Gasteiger charge is 2.34. The van der Waals surface area contributed by atoms with Crippen LogP contribution in [0.3, 0.4) is 0 Å². The Morgan fingerprint density at radius 2 is 1.55 bits per heavy atom. The normalized spacial score (nSPS) is 12.2. The molecule has 2 amide bonds. The summed E-state index contributed by atoms with van der Waals surface area (Å²) in [5, 5.41) is 7.68. The van der Waals surface area contributed by atoms with Crippen molar-refractivity contribution in [3.05, 3.63) is 118 Å². The summed E-state index contributed by atoms with van der Waals surface area (Å²) in [5.74, 6) is 0.232. The van der Waals surface area contributed by atoms with Crippen LogP contribution in [-0.2, 0) is 11.3 Å². The Morgan fingerprint density at radius 1 is 0.932 bits per heavy atom. The Morgan fingerprint density at radius 3 is 2.14 bits per heavy atom. The van der Waals surface area contributed by atoms with Crippen LogP contribution in [0.1, 0.15) is 74.4 Å². The Hall–Kier alpha value is -4.66. The number of hydrogen-bond acceptors (Lipinski definition) is 5. The van der Waals surface area contributed by atoms with E-state index in [4.69, 9.17) is 9.84 Å². The van der Waals surface area contributed by atoms with E-state index in [2.05, 4.69) is 5.32 Å². The Labute approximate surface area is 259 Å². The summed E-state index contributed by atoms with van der Waals surface area (Å²) in [4.78, 5) is 42.2. The third-order valence-corrected chi connectivity index (χ3v) is 7.11. The van der Waals surface area contributed by atoms with Crippen LogP contribution in [0.15, 0.2) is 89.7 Å². The van der Waals surface area contributed by atoms with Crippen molar-refractivity contribution < 1.29 is 14.3 Å². The summed E-state index contributed by atoms with van der Waals surface area (Å²) < 4.78 is 8.45. The second kappa shape index (κ2) is 14.2. The van der Waals surface area contributed by atoms with Crippen LogP contribution >= 0.6 is 0 Å². The van der Waals surface area contributed by atoms with E-state index < -0.39 is 17.7 Å². The van der Waals surface area contributed by atoms with Gasteiger partial charge in [0.05, 0.1) is 18.3 Å². The molecule has 9 heteroatoms. The topological polar surface area (TPSA) is 98.5 Å². The molecule has 3 aromatic carbocycles. The molecule has 0 saturated heterocycles. The second-order valence-electron chi connectivity index (χ2n) is 12.3. The minimum Gasteiger partial charge on any atom is -0.444 e. The molecule has 1 heterocycles. The van der Waals surface area contributed by atoms with E-state index in [1.54, 1.807) is 9.47 Å². The zero-order chi connectivity index (χ0) is 31.9. The number of nitrogens with zero attached hydrogens (tertiary/aromatic N) is 4. The van der Waals surface area contributed by atoms with Crippen LogP contribution < -0.4 is 11.0 Å². The first-order chi connectivity index (χ1) is 20.9. The predicted molar refractivity (Wildman–Crippen MR) is 172 cm³/mol. The van der Waals surface area contributed by atoms with Gasteiger partial charge in [0.25, 0.3) is 5.91 Å². The number of nitrogens with one attached hydrogen (secondary N) is 1. The van der Waals surface area contributed by atoms with Crippen molar-refractivity contribution in [1.29, 1.82) is 0 Å². The third kappa shape index (κ3) is 8.24. The van der Waals surface area contributed by atoms with E-state index in [0.717, 1.165) is 11.1 Å². The van der Waals surface area contributed by atoms with Crippen LogP contribution in [0.5, 0.6) is 0 Å². The number of para-hydroxylation sites is 1. The van der Waals surface area contributed by atoms with Gasteiger partial charge in [-0.2, -0.15) is 4.68 Å². The highest BCUT2D eigenvalue weighted by molar-refractivity contribution is 5.94. The van der Waals surface area contributed by atoms with Crippen molar-refractivity contribution >= 4 is 12.0 Å². The Balaban J connectivity index is 1.76. The van der Waals surface area contributed by atoms with Gasteiger partial charge in [0, 0.05) is 18.7 Å². The molecule has 1 aromatic heterocycles. The molecule has 0 aliphatic rings. The molecule has 0 aliphatic carbocycles. The number of alkyl carbamates (subject to hydrolysis) is 1. The molecule has 4 rings (SSSR count). The SMILES string of the molecule is Cc1ccc(C(=O)N(CCCNC(=O)OC(C)(C)C)C(c2nn(-c3ccccc3)c(=O)n2Cc2ccccc2)C(C)C)cc1. The van der Waals surface area contributed by atoms with Gasteiger partial charge in [-0.1, -0.05) is 80.1 Å². The number of rotatable bonds is 11. The van der Waals surface area contributed by atoms with Gasteiger partial charge in [-0.15, -0.1) is 5.10 Å². The van der Waals surface area contributed by atoms with Crippen molar-refractivity contribution in [2.75, 3.05) is 13.1 Å². The van der Waals surface area contributed by atoms with Gasteiger partial charge in [-0.05, 0) is 69.9 Å². The molecule has 1 unspecified atom stereocenters. The molecule has 232 valence electrons.